The molecule has 1 amide bonds. The molecule has 4 rings (SSSR count). The third kappa shape index (κ3) is 2.38. The van der Waals surface area contributed by atoms with Crippen molar-refractivity contribution in [1.29, 1.82) is 0 Å². The summed E-state index contributed by atoms with van der Waals surface area (Å²) < 4.78 is 12.5. The molecule has 3 atom stereocenters. The zero-order valence-corrected chi connectivity index (χ0v) is 12.5. The number of nitrogens with one attached hydrogen (secondary N) is 1. The average Bonchev–Trinajstić information content (AvgIpc) is 3.40. The summed E-state index contributed by atoms with van der Waals surface area (Å²) in [7, 11) is 0. The summed E-state index contributed by atoms with van der Waals surface area (Å²) in [6.45, 7) is 0.117. The van der Waals surface area contributed by atoms with Crippen LogP contribution in [0, 0.1) is 11.8 Å². The second-order valence-electron chi connectivity index (χ2n) is 6.88. The van der Waals surface area contributed by atoms with E-state index in [0.29, 0.717) is 17.4 Å². The van der Waals surface area contributed by atoms with Crippen molar-refractivity contribution in [1.82, 2.24) is 5.32 Å². The van der Waals surface area contributed by atoms with Gasteiger partial charge >= 0.3 is 0 Å². The monoisotopic (exact) mass is 309 g/mol. The molecular formula is C16H23NO5. The molecule has 0 bridgehead atoms. The van der Waals surface area contributed by atoms with Crippen molar-refractivity contribution < 1.29 is 24.5 Å². The topological polar surface area (TPSA) is 88.0 Å². The summed E-state index contributed by atoms with van der Waals surface area (Å²) in [5, 5.41) is 21.8. The molecule has 3 N–H and O–H groups in total. The van der Waals surface area contributed by atoms with Gasteiger partial charge in [0, 0.05) is 30.4 Å². The molecule has 0 aromatic heterocycles. The van der Waals surface area contributed by atoms with E-state index in [1.165, 1.54) is 0 Å². The minimum absolute atomic E-state index is 0.0975. The number of aliphatic hydroxyl groups excluding tert-OH is 2. The van der Waals surface area contributed by atoms with E-state index in [0.717, 1.165) is 25.7 Å². The number of carbonyl (C=O) groups excluding carboxylic acids is 1. The van der Waals surface area contributed by atoms with Gasteiger partial charge in [-0.15, -0.1) is 0 Å². The quantitative estimate of drug-likeness (QED) is 0.670. The minimum atomic E-state index is -0.718. The van der Waals surface area contributed by atoms with Crippen LogP contribution in [0.25, 0.3) is 0 Å². The Labute approximate surface area is 129 Å². The normalized spacial score (nSPS) is 36.6. The van der Waals surface area contributed by atoms with Crippen LogP contribution < -0.4 is 5.32 Å². The highest BCUT2D eigenvalue weighted by Gasteiger charge is 2.64. The van der Waals surface area contributed by atoms with Gasteiger partial charge in [-0.2, -0.15) is 0 Å². The zero-order chi connectivity index (χ0) is 15.3. The van der Waals surface area contributed by atoms with Crippen LogP contribution in [0.3, 0.4) is 0 Å². The molecule has 6 heteroatoms. The molecule has 3 aliphatic carbocycles. The van der Waals surface area contributed by atoms with Crippen LogP contribution in [0.2, 0.25) is 0 Å². The Bertz CT molecular complexity index is 485. The molecule has 0 unspecified atom stereocenters. The van der Waals surface area contributed by atoms with Gasteiger partial charge in [0.25, 0.3) is 0 Å². The van der Waals surface area contributed by atoms with Crippen LogP contribution >= 0.6 is 0 Å². The van der Waals surface area contributed by atoms with Gasteiger partial charge in [0.05, 0.1) is 12.7 Å². The van der Waals surface area contributed by atoms with E-state index < -0.39 is 11.9 Å². The summed E-state index contributed by atoms with van der Waals surface area (Å²) in [5.74, 6) is 0.116. The minimum Gasteiger partial charge on any atom is -0.395 e. The lowest BCUT2D eigenvalue weighted by atomic mass is 9.92. The molecule has 6 nitrogen and oxygen atoms in total. The van der Waals surface area contributed by atoms with Gasteiger partial charge in [-0.05, 0) is 31.8 Å². The van der Waals surface area contributed by atoms with E-state index in [1.54, 1.807) is 6.08 Å². The number of hydrogen-bond donors (Lipinski definition) is 3. The SMILES string of the molecule is O=C(NCCO)C1=C[C@H]2OC(C3CC3)(C3CC3)O[C@H]2[C@H](O)C1. The van der Waals surface area contributed by atoms with E-state index in [4.69, 9.17) is 14.6 Å². The Balaban J connectivity index is 1.53. The van der Waals surface area contributed by atoms with Crippen molar-refractivity contribution >= 4 is 5.91 Å². The lowest BCUT2D eigenvalue weighted by Gasteiger charge is -2.29. The molecule has 1 aliphatic heterocycles. The fourth-order valence-corrected chi connectivity index (χ4v) is 3.76. The molecule has 0 aromatic rings. The van der Waals surface area contributed by atoms with Crippen LogP contribution in [-0.2, 0) is 14.3 Å². The van der Waals surface area contributed by atoms with Gasteiger partial charge in [0.1, 0.15) is 12.2 Å². The van der Waals surface area contributed by atoms with Crippen molar-refractivity contribution in [3.63, 3.8) is 0 Å². The third-order valence-electron chi connectivity index (χ3n) is 5.12. The summed E-state index contributed by atoms with van der Waals surface area (Å²) in [5.41, 5.74) is 0.521. The maximum absolute atomic E-state index is 12.0. The predicted molar refractivity (Wildman–Crippen MR) is 76.7 cm³/mol. The van der Waals surface area contributed by atoms with Gasteiger partial charge in [0.2, 0.25) is 5.91 Å². The predicted octanol–water partition coefficient (Wildman–Crippen LogP) is 0.0862. The molecule has 0 spiro atoms. The first kappa shape index (κ1) is 14.6. The van der Waals surface area contributed by atoms with Gasteiger partial charge in [-0.3, -0.25) is 4.79 Å². The van der Waals surface area contributed by atoms with E-state index in [1.807, 2.05) is 0 Å². The Morgan fingerprint density at radius 3 is 2.55 bits per heavy atom. The fourth-order valence-electron chi connectivity index (χ4n) is 3.76. The number of amides is 1. The maximum atomic E-state index is 12.0. The molecule has 122 valence electrons. The average molecular weight is 309 g/mol. The third-order valence-corrected chi connectivity index (χ3v) is 5.12. The molecule has 4 aliphatic rings. The lowest BCUT2D eigenvalue weighted by Crippen LogP contribution is -2.41. The number of fused-ring (bicyclic) bond motifs is 1. The highest BCUT2D eigenvalue weighted by molar-refractivity contribution is 5.93. The highest BCUT2D eigenvalue weighted by Crippen LogP contribution is 2.59. The maximum Gasteiger partial charge on any atom is 0.247 e. The molecule has 0 radical (unpaired) electrons. The standard InChI is InChI=1S/C16H23NO5/c18-6-5-17-15(20)9-7-12(19)14-13(8-9)21-16(22-14,10-1-2-10)11-3-4-11/h8,10-14,18-19H,1-7H2,(H,17,20)/t12-,13-,14+/m1/s1. The summed E-state index contributed by atoms with van der Waals surface area (Å²) in [4.78, 5) is 12.0. The smallest absolute Gasteiger partial charge is 0.247 e. The molecule has 22 heavy (non-hydrogen) atoms. The number of aliphatic hydroxyl groups is 2. The molecule has 1 heterocycles. The Hall–Kier alpha value is -0.950. The molecular weight excluding hydrogens is 286 g/mol. The summed E-state index contributed by atoms with van der Waals surface area (Å²) >= 11 is 0. The Kier molecular flexibility index (Phi) is 3.52. The van der Waals surface area contributed by atoms with Crippen molar-refractivity contribution in [2.24, 2.45) is 11.8 Å². The van der Waals surface area contributed by atoms with Crippen molar-refractivity contribution in [2.75, 3.05) is 13.2 Å². The van der Waals surface area contributed by atoms with Gasteiger partial charge in [-0.1, -0.05) is 0 Å². The van der Waals surface area contributed by atoms with Crippen LogP contribution in [0.15, 0.2) is 11.6 Å². The van der Waals surface area contributed by atoms with E-state index >= 15 is 0 Å². The first-order chi connectivity index (χ1) is 10.6. The van der Waals surface area contributed by atoms with Crippen LogP contribution in [-0.4, -0.2) is 53.4 Å². The van der Waals surface area contributed by atoms with E-state index in [9.17, 15) is 9.90 Å². The highest BCUT2D eigenvalue weighted by atomic mass is 16.8. The van der Waals surface area contributed by atoms with E-state index in [-0.39, 0.29) is 37.7 Å². The molecule has 1 saturated heterocycles. The molecule has 3 fully saturated rings. The summed E-state index contributed by atoms with van der Waals surface area (Å²) in [6, 6.07) is 0. The van der Waals surface area contributed by atoms with Gasteiger partial charge in [-0.25, -0.2) is 0 Å². The van der Waals surface area contributed by atoms with Crippen LogP contribution in [0.4, 0.5) is 0 Å². The van der Waals surface area contributed by atoms with Gasteiger partial charge in [0.15, 0.2) is 5.79 Å². The lowest BCUT2D eigenvalue weighted by molar-refractivity contribution is -0.209. The van der Waals surface area contributed by atoms with Crippen molar-refractivity contribution in [3.05, 3.63) is 11.6 Å². The second kappa shape index (κ2) is 5.30. The zero-order valence-electron chi connectivity index (χ0n) is 12.5. The molecule has 0 aromatic carbocycles. The Morgan fingerprint density at radius 2 is 1.95 bits per heavy atom. The number of hydrogen-bond acceptors (Lipinski definition) is 5. The van der Waals surface area contributed by atoms with Gasteiger partial charge < -0.3 is 25.0 Å². The van der Waals surface area contributed by atoms with Crippen LogP contribution in [0.1, 0.15) is 32.1 Å². The Morgan fingerprint density at radius 1 is 1.27 bits per heavy atom. The largest absolute Gasteiger partial charge is 0.395 e. The van der Waals surface area contributed by atoms with Crippen LogP contribution in [0.5, 0.6) is 0 Å². The van der Waals surface area contributed by atoms with E-state index in [2.05, 4.69) is 5.32 Å². The fraction of sp³-hybridized carbons (Fsp3) is 0.812. The first-order valence-corrected chi connectivity index (χ1v) is 8.27. The van der Waals surface area contributed by atoms with Crippen molar-refractivity contribution in [3.8, 4) is 0 Å². The first-order valence-electron chi connectivity index (χ1n) is 8.27. The second-order valence-corrected chi connectivity index (χ2v) is 6.88. The number of carbonyl (C=O) groups is 1. The number of rotatable bonds is 5. The van der Waals surface area contributed by atoms with Crippen molar-refractivity contribution in [2.45, 2.75) is 56.2 Å². The number of ether oxygens (including phenoxy) is 2. The summed E-state index contributed by atoms with van der Waals surface area (Å²) in [6.07, 6.45) is 5.14. The molecule has 2 saturated carbocycles.